The Morgan fingerprint density at radius 1 is 1.17 bits per heavy atom. The van der Waals surface area contributed by atoms with Gasteiger partial charge in [-0.05, 0) is 50.5 Å². The van der Waals surface area contributed by atoms with Crippen LogP contribution in [-0.4, -0.2) is 14.8 Å². The molecular formula is C20H19N3. The first-order chi connectivity index (χ1) is 11.3. The van der Waals surface area contributed by atoms with Crippen LogP contribution in [0.5, 0.6) is 0 Å². The molecule has 3 heteroatoms. The third-order valence-electron chi connectivity index (χ3n) is 4.55. The standard InChI is InChI=1S/C20H19N3/c1-3-5-15-6-4-7-20-18(15)13-22-23(20)14(2)17-10-11-19(21-12-17)16-8-9-16/h4,6-7,10-14,16H,8-9H2,1-2H3. The third kappa shape index (κ3) is 2.51. The zero-order valence-corrected chi connectivity index (χ0v) is 13.5. The smallest absolute Gasteiger partial charge is 0.0762 e. The fourth-order valence-electron chi connectivity index (χ4n) is 3.05. The van der Waals surface area contributed by atoms with Gasteiger partial charge < -0.3 is 0 Å². The van der Waals surface area contributed by atoms with Crippen LogP contribution in [0.1, 0.15) is 55.5 Å². The number of pyridine rings is 1. The monoisotopic (exact) mass is 301 g/mol. The van der Waals surface area contributed by atoms with Crippen LogP contribution in [0.3, 0.4) is 0 Å². The lowest BCUT2D eigenvalue weighted by Crippen LogP contribution is -2.08. The predicted molar refractivity (Wildman–Crippen MR) is 92.3 cm³/mol. The molecule has 114 valence electrons. The Hall–Kier alpha value is -2.60. The largest absolute Gasteiger partial charge is 0.261 e. The van der Waals surface area contributed by atoms with Gasteiger partial charge in [0.2, 0.25) is 0 Å². The van der Waals surface area contributed by atoms with Gasteiger partial charge in [-0.3, -0.25) is 9.67 Å². The lowest BCUT2D eigenvalue weighted by molar-refractivity contribution is 0.582. The van der Waals surface area contributed by atoms with Crippen LogP contribution in [0.4, 0.5) is 0 Å². The van der Waals surface area contributed by atoms with Crippen molar-refractivity contribution < 1.29 is 0 Å². The molecule has 0 N–H and O–H groups in total. The van der Waals surface area contributed by atoms with Crippen molar-refractivity contribution in [2.75, 3.05) is 0 Å². The molecule has 1 saturated carbocycles. The minimum atomic E-state index is 0.151. The van der Waals surface area contributed by atoms with Crippen molar-refractivity contribution in [3.63, 3.8) is 0 Å². The van der Waals surface area contributed by atoms with Crippen LogP contribution in [0.15, 0.2) is 42.7 Å². The third-order valence-corrected chi connectivity index (χ3v) is 4.55. The fraction of sp³-hybridized carbons (Fsp3) is 0.300. The lowest BCUT2D eigenvalue weighted by atomic mass is 10.1. The van der Waals surface area contributed by atoms with Gasteiger partial charge in [-0.25, -0.2) is 0 Å². The molecule has 1 atom stereocenters. The highest BCUT2D eigenvalue weighted by molar-refractivity contribution is 5.85. The second-order valence-electron chi connectivity index (χ2n) is 6.17. The summed E-state index contributed by atoms with van der Waals surface area (Å²) in [5, 5.41) is 5.71. The second-order valence-corrected chi connectivity index (χ2v) is 6.17. The zero-order valence-electron chi connectivity index (χ0n) is 13.5. The molecule has 1 unspecified atom stereocenters. The maximum atomic E-state index is 4.64. The van der Waals surface area contributed by atoms with Crippen molar-refractivity contribution in [3.05, 3.63) is 59.5 Å². The fourth-order valence-corrected chi connectivity index (χ4v) is 3.05. The molecule has 1 aliphatic carbocycles. The molecule has 0 amide bonds. The van der Waals surface area contributed by atoms with Crippen molar-refractivity contribution in [2.45, 2.75) is 38.6 Å². The van der Waals surface area contributed by atoms with Crippen molar-refractivity contribution in [3.8, 4) is 11.8 Å². The zero-order chi connectivity index (χ0) is 15.8. The van der Waals surface area contributed by atoms with Crippen molar-refractivity contribution in [1.29, 1.82) is 0 Å². The van der Waals surface area contributed by atoms with Gasteiger partial charge in [0.15, 0.2) is 0 Å². The summed E-state index contributed by atoms with van der Waals surface area (Å²) in [6.45, 7) is 4.03. The number of aromatic nitrogens is 3. The summed E-state index contributed by atoms with van der Waals surface area (Å²) in [7, 11) is 0. The first-order valence-electron chi connectivity index (χ1n) is 8.13. The molecule has 2 heterocycles. The number of rotatable bonds is 3. The average molecular weight is 301 g/mol. The molecule has 4 rings (SSSR count). The van der Waals surface area contributed by atoms with E-state index in [1.165, 1.54) is 24.1 Å². The van der Waals surface area contributed by atoms with Gasteiger partial charge in [0.05, 0.1) is 17.8 Å². The topological polar surface area (TPSA) is 30.7 Å². The number of hydrogen-bond acceptors (Lipinski definition) is 2. The average Bonchev–Trinajstić information content (AvgIpc) is 3.34. The molecule has 1 fully saturated rings. The van der Waals surface area contributed by atoms with Crippen LogP contribution in [0.25, 0.3) is 10.9 Å². The maximum absolute atomic E-state index is 4.64. The number of fused-ring (bicyclic) bond motifs is 1. The van der Waals surface area contributed by atoms with E-state index < -0.39 is 0 Å². The molecule has 0 aliphatic heterocycles. The van der Waals surface area contributed by atoms with E-state index in [4.69, 9.17) is 0 Å². The van der Waals surface area contributed by atoms with Crippen molar-refractivity contribution >= 4 is 10.9 Å². The predicted octanol–water partition coefficient (Wildman–Crippen LogP) is 4.29. The van der Waals surface area contributed by atoms with E-state index in [9.17, 15) is 0 Å². The van der Waals surface area contributed by atoms with Gasteiger partial charge in [-0.2, -0.15) is 5.10 Å². The minimum Gasteiger partial charge on any atom is -0.261 e. The minimum absolute atomic E-state index is 0.151. The summed E-state index contributed by atoms with van der Waals surface area (Å²) < 4.78 is 2.06. The van der Waals surface area contributed by atoms with E-state index in [2.05, 4.69) is 51.7 Å². The van der Waals surface area contributed by atoms with E-state index in [1.54, 1.807) is 0 Å². The molecule has 0 bridgehead atoms. The van der Waals surface area contributed by atoms with Gasteiger partial charge >= 0.3 is 0 Å². The molecule has 0 saturated heterocycles. The highest BCUT2D eigenvalue weighted by atomic mass is 15.3. The molecule has 3 nitrogen and oxygen atoms in total. The highest BCUT2D eigenvalue weighted by Gasteiger charge is 2.25. The SMILES string of the molecule is CC#Cc1cccc2c1cnn2C(C)c1ccc(C2CC2)nc1. The van der Waals surface area contributed by atoms with E-state index in [0.717, 1.165) is 16.5 Å². The van der Waals surface area contributed by atoms with Gasteiger partial charge in [-0.15, -0.1) is 5.92 Å². The maximum Gasteiger partial charge on any atom is 0.0762 e. The van der Waals surface area contributed by atoms with Crippen LogP contribution < -0.4 is 0 Å². The summed E-state index contributed by atoms with van der Waals surface area (Å²) in [6.07, 6.45) is 6.49. The van der Waals surface area contributed by atoms with Crippen molar-refractivity contribution in [1.82, 2.24) is 14.8 Å². The van der Waals surface area contributed by atoms with E-state index >= 15 is 0 Å². The molecule has 1 aromatic carbocycles. The molecular weight excluding hydrogens is 282 g/mol. The van der Waals surface area contributed by atoms with E-state index in [1.807, 2.05) is 31.5 Å². The number of hydrogen-bond donors (Lipinski definition) is 0. The lowest BCUT2D eigenvalue weighted by Gasteiger charge is -2.14. The Morgan fingerprint density at radius 2 is 2.04 bits per heavy atom. The molecule has 0 radical (unpaired) electrons. The Bertz CT molecular complexity index is 905. The van der Waals surface area contributed by atoms with Crippen molar-refractivity contribution in [2.24, 2.45) is 0 Å². The Kier molecular flexibility index (Phi) is 3.38. The van der Waals surface area contributed by atoms with Crippen LogP contribution in [0.2, 0.25) is 0 Å². The Labute approximate surface area is 136 Å². The molecule has 23 heavy (non-hydrogen) atoms. The molecule has 2 aromatic heterocycles. The first kappa shape index (κ1) is 14.0. The highest BCUT2D eigenvalue weighted by Crippen LogP contribution is 2.39. The molecule has 0 spiro atoms. The summed E-state index contributed by atoms with van der Waals surface area (Å²) in [5.41, 5.74) is 4.56. The van der Waals surface area contributed by atoms with E-state index in [-0.39, 0.29) is 6.04 Å². The van der Waals surface area contributed by atoms with Crippen LogP contribution in [0, 0.1) is 11.8 Å². The van der Waals surface area contributed by atoms with Gasteiger partial charge in [-0.1, -0.05) is 18.1 Å². The number of nitrogens with zero attached hydrogens (tertiary/aromatic N) is 3. The van der Waals surface area contributed by atoms with Crippen LogP contribution >= 0.6 is 0 Å². The second kappa shape index (κ2) is 5.55. The van der Waals surface area contributed by atoms with E-state index in [0.29, 0.717) is 5.92 Å². The quantitative estimate of drug-likeness (QED) is 0.676. The summed E-state index contributed by atoms with van der Waals surface area (Å²) >= 11 is 0. The molecule has 1 aliphatic rings. The number of benzene rings is 1. The van der Waals surface area contributed by atoms with Gasteiger partial charge in [0.1, 0.15) is 0 Å². The van der Waals surface area contributed by atoms with Gasteiger partial charge in [0, 0.05) is 28.8 Å². The summed E-state index contributed by atoms with van der Waals surface area (Å²) in [5.74, 6) is 6.82. The normalized spacial score (nSPS) is 15.2. The summed E-state index contributed by atoms with van der Waals surface area (Å²) in [6, 6.07) is 10.7. The first-order valence-corrected chi connectivity index (χ1v) is 8.13. The summed E-state index contributed by atoms with van der Waals surface area (Å²) in [4.78, 5) is 4.64. The van der Waals surface area contributed by atoms with Crippen LogP contribution in [-0.2, 0) is 0 Å². The Balaban J connectivity index is 1.72. The molecule has 3 aromatic rings. The van der Waals surface area contributed by atoms with Gasteiger partial charge in [0.25, 0.3) is 0 Å². The Morgan fingerprint density at radius 3 is 2.74 bits per heavy atom.